The Bertz CT molecular complexity index is 759. The second-order valence-corrected chi connectivity index (χ2v) is 6.04. The van der Waals surface area contributed by atoms with E-state index in [1.807, 2.05) is 33.2 Å². The van der Waals surface area contributed by atoms with Crippen LogP contribution in [0.25, 0.3) is 22.4 Å². The van der Waals surface area contributed by atoms with Crippen LogP contribution in [0.3, 0.4) is 0 Å². The van der Waals surface area contributed by atoms with Crippen LogP contribution in [0, 0.1) is 6.92 Å². The van der Waals surface area contributed by atoms with Crippen LogP contribution in [-0.4, -0.2) is 21.0 Å². The van der Waals surface area contributed by atoms with Gasteiger partial charge in [-0.05, 0) is 36.7 Å². The van der Waals surface area contributed by atoms with E-state index in [1.54, 1.807) is 0 Å². The molecule has 0 bridgehead atoms. The first kappa shape index (κ1) is 12.6. The van der Waals surface area contributed by atoms with E-state index in [4.69, 9.17) is 4.98 Å². The maximum atomic E-state index is 4.74. The zero-order chi connectivity index (χ0) is 13.6. The summed E-state index contributed by atoms with van der Waals surface area (Å²) in [6.07, 6.45) is 0. The third-order valence-corrected chi connectivity index (χ3v) is 4.61. The first-order valence-corrected chi connectivity index (χ1v) is 7.45. The lowest BCUT2D eigenvalue weighted by atomic mass is 10.2. The highest BCUT2D eigenvalue weighted by atomic mass is 79.9. The second-order valence-electron chi connectivity index (χ2n) is 4.35. The molecule has 98 valence electrons. The number of benzene rings is 1. The lowest BCUT2D eigenvalue weighted by Crippen LogP contribution is -1.96. The number of nitrogens with one attached hydrogen (secondary N) is 1. The van der Waals surface area contributed by atoms with Gasteiger partial charge in [0.2, 0.25) is 0 Å². The molecule has 0 aliphatic carbocycles. The Hall–Kier alpha value is -1.40. The average Bonchev–Trinajstić information content (AvgIpc) is 2.90. The molecule has 3 rings (SSSR count). The summed E-state index contributed by atoms with van der Waals surface area (Å²) in [5, 5.41) is 4.24. The van der Waals surface area contributed by atoms with Gasteiger partial charge in [-0.15, -0.1) is 0 Å². The topological polar surface area (TPSA) is 42.7 Å². The molecule has 0 saturated heterocycles. The van der Waals surface area contributed by atoms with Crippen molar-refractivity contribution < 1.29 is 0 Å². The molecule has 3 aromatic rings. The fraction of sp³-hybridized carbons (Fsp3) is 0.231. The van der Waals surface area contributed by atoms with E-state index >= 15 is 0 Å². The minimum absolute atomic E-state index is 0.948. The van der Waals surface area contributed by atoms with Gasteiger partial charge in [-0.1, -0.05) is 15.9 Å². The Labute approximate surface area is 123 Å². The molecule has 19 heavy (non-hydrogen) atoms. The molecule has 0 amide bonds. The van der Waals surface area contributed by atoms with Gasteiger partial charge in [0.25, 0.3) is 0 Å². The van der Waals surface area contributed by atoms with Crippen molar-refractivity contribution in [2.24, 2.45) is 7.05 Å². The number of halogens is 1. The summed E-state index contributed by atoms with van der Waals surface area (Å²) >= 11 is 4.95. The predicted molar refractivity (Wildman–Crippen MR) is 83.8 cm³/mol. The van der Waals surface area contributed by atoms with Crippen LogP contribution in [0.2, 0.25) is 0 Å². The van der Waals surface area contributed by atoms with Crippen LogP contribution in [0.5, 0.6) is 0 Å². The van der Waals surface area contributed by atoms with Crippen molar-refractivity contribution in [3.8, 4) is 11.4 Å². The Morgan fingerprint density at radius 3 is 2.89 bits per heavy atom. The van der Waals surface area contributed by atoms with Gasteiger partial charge >= 0.3 is 0 Å². The summed E-state index contributed by atoms with van der Waals surface area (Å²) in [4.78, 5) is 4.74. The van der Waals surface area contributed by atoms with Crippen molar-refractivity contribution >= 4 is 43.5 Å². The molecule has 0 atom stereocenters. The summed E-state index contributed by atoms with van der Waals surface area (Å²) in [6.45, 7) is 2.02. The molecular weight excluding hydrogens is 324 g/mol. The molecule has 0 radical (unpaired) electrons. The summed E-state index contributed by atoms with van der Waals surface area (Å²) in [5.74, 6) is 0.948. The minimum Gasteiger partial charge on any atom is -0.378 e. The van der Waals surface area contributed by atoms with Crippen molar-refractivity contribution in [2.45, 2.75) is 6.92 Å². The molecule has 0 aliphatic rings. The molecule has 0 unspecified atom stereocenters. The molecule has 4 nitrogen and oxygen atoms in total. The van der Waals surface area contributed by atoms with E-state index in [1.165, 1.54) is 11.5 Å². The van der Waals surface area contributed by atoms with E-state index in [0.29, 0.717) is 0 Å². The van der Waals surface area contributed by atoms with Gasteiger partial charge in [-0.3, -0.25) is 0 Å². The van der Waals surface area contributed by atoms with Crippen LogP contribution in [0.1, 0.15) is 5.69 Å². The Morgan fingerprint density at radius 2 is 2.16 bits per heavy atom. The highest BCUT2D eigenvalue weighted by molar-refractivity contribution is 9.10. The number of aromatic nitrogens is 3. The number of aryl methyl sites for hydroxylation is 2. The molecular formula is C13H13BrN4S. The van der Waals surface area contributed by atoms with Crippen molar-refractivity contribution in [3.63, 3.8) is 0 Å². The minimum atomic E-state index is 0.948. The molecule has 2 heterocycles. The number of hydrogen-bond donors (Lipinski definition) is 1. The van der Waals surface area contributed by atoms with Gasteiger partial charge < -0.3 is 9.88 Å². The fourth-order valence-corrected chi connectivity index (χ4v) is 3.29. The number of hydrogen-bond acceptors (Lipinski definition) is 4. The van der Waals surface area contributed by atoms with Crippen LogP contribution in [-0.2, 0) is 7.05 Å². The number of fused-ring (bicyclic) bond motifs is 1. The SMILES string of the molecule is CNc1snc(C)c1-c1nc2cc(Br)ccc2n1C. The van der Waals surface area contributed by atoms with Gasteiger partial charge in [0.15, 0.2) is 0 Å². The maximum Gasteiger partial charge on any atom is 0.145 e. The van der Waals surface area contributed by atoms with Gasteiger partial charge in [0.1, 0.15) is 10.8 Å². The average molecular weight is 337 g/mol. The standard InChI is InChI=1S/C13H13BrN4S/c1-7-11(13(15-2)19-17-7)12-16-9-6-8(14)4-5-10(9)18(12)3/h4-6,15H,1-3H3. The van der Waals surface area contributed by atoms with Crippen LogP contribution in [0.4, 0.5) is 5.00 Å². The number of imidazole rings is 1. The third kappa shape index (κ3) is 1.95. The van der Waals surface area contributed by atoms with Gasteiger partial charge in [0.05, 0.1) is 22.3 Å². The summed E-state index contributed by atoms with van der Waals surface area (Å²) in [6, 6.07) is 6.14. The number of nitrogens with zero attached hydrogens (tertiary/aromatic N) is 3. The predicted octanol–water partition coefficient (Wildman–Crippen LogP) is 3.81. The highest BCUT2D eigenvalue weighted by Crippen LogP contribution is 2.35. The van der Waals surface area contributed by atoms with E-state index < -0.39 is 0 Å². The smallest absolute Gasteiger partial charge is 0.145 e. The molecule has 2 aromatic heterocycles. The first-order valence-electron chi connectivity index (χ1n) is 5.88. The van der Waals surface area contributed by atoms with Crippen molar-refractivity contribution in [1.29, 1.82) is 0 Å². The number of anilines is 1. The van der Waals surface area contributed by atoms with Gasteiger partial charge in [-0.2, -0.15) is 4.37 Å². The monoisotopic (exact) mass is 336 g/mol. The van der Waals surface area contributed by atoms with E-state index in [2.05, 4.69) is 36.3 Å². The van der Waals surface area contributed by atoms with Gasteiger partial charge in [-0.25, -0.2) is 4.98 Å². The largest absolute Gasteiger partial charge is 0.378 e. The number of rotatable bonds is 2. The van der Waals surface area contributed by atoms with Crippen LogP contribution in [0.15, 0.2) is 22.7 Å². The molecule has 1 aromatic carbocycles. The molecule has 6 heteroatoms. The summed E-state index contributed by atoms with van der Waals surface area (Å²) < 4.78 is 7.56. The lowest BCUT2D eigenvalue weighted by Gasteiger charge is -2.04. The lowest BCUT2D eigenvalue weighted by molar-refractivity contribution is 0.957. The van der Waals surface area contributed by atoms with E-state index in [9.17, 15) is 0 Å². The zero-order valence-corrected chi connectivity index (χ0v) is 13.3. The molecule has 0 aliphatic heterocycles. The Morgan fingerprint density at radius 1 is 1.37 bits per heavy atom. The normalized spacial score (nSPS) is 11.2. The molecule has 0 saturated carbocycles. The van der Waals surface area contributed by atoms with Gasteiger partial charge in [0, 0.05) is 18.6 Å². The summed E-state index contributed by atoms with van der Waals surface area (Å²) in [7, 11) is 3.95. The zero-order valence-electron chi connectivity index (χ0n) is 10.9. The Kier molecular flexibility index (Phi) is 3.06. The second kappa shape index (κ2) is 4.61. The van der Waals surface area contributed by atoms with Crippen LogP contribution >= 0.6 is 27.5 Å². The first-order chi connectivity index (χ1) is 9.11. The van der Waals surface area contributed by atoms with E-state index in [0.717, 1.165) is 37.6 Å². The maximum absolute atomic E-state index is 4.74. The summed E-state index contributed by atoms with van der Waals surface area (Å²) in [5.41, 5.74) is 4.19. The van der Waals surface area contributed by atoms with Crippen molar-refractivity contribution in [1.82, 2.24) is 13.9 Å². The molecule has 0 fully saturated rings. The molecule has 0 spiro atoms. The quantitative estimate of drug-likeness (QED) is 0.773. The van der Waals surface area contributed by atoms with E-state index in [-0.39, 0.29) is 0 Å². The van der Waals surface area contributed by atoms with Crippen molar-refractivity contribution in [3.05, 3.63) is 28.4 Å². The third-order valence-electron chi connectivity index (χ3n) is 3.16. The van der Waals surface area contributed by atoms with Crippen molar-refractivity contribution in [2.75, 3.05) is 12.4 Å². The molecule has 1 N–H and O–H groups in total. The fourth-order valence-electron chi connectivity index (χ4n) is 2.20. The van der Waals surface area contributed by atoms with Crippen LogP contribution < -0.4 is 5.32 Å². The highest BCUT2D eigenvalue weighted by Gasteiger charge is 2.18. The Balaban J connectivity index is 2.31.